The highest BCUT2D eigenvalue weighted by Gasteiger charge is 2.45. The number of methoxy groups -OCH3 is 4. The van der Waals surface area contributed by atoms with E-state index in [4.69, 9.17) is 28.7 Å². The maximum absolute atomic E-state index is 13.3. The van der Waals surface area contributed by atoms with Crippen molar-refractivity contribution in [3.05, 3.63) is 69.8 Å². The molecule has 1 aliphatic carbocycles. The van der Waals surface area contributed by atoms with Crippen LogP contribution in [0.25, 0.3) is 10.9 Å². The first-order valence-electron chi connectivity index (χ1n) is 14.5. The van der Waals surface area contributed by atoms with Gasteiger partial charge in [0.1, 0.15) is 11.7 Å². The Morgan fingerprint density at radius 2 is 1.66 bits per heavy atom. The van der Waals surface area contributed by atoms with Crippen molar-refractivity contribution in [1.29, 1.82) is 0 Å². The van der Waals surface area contributed by atoms with Gasteiger partial charge in [-0.1, -0.05) is 15.9 Å². The number of nitrogens with zero attached hydrogens (tertiary/aromatic N) is 4. The Balaban J connectivity index is 1.83. The number of aromatic nitrogens is 3. The van der Waals surface area contributed by atoms with Gasteiger partial charge >= 0.3 is 0 Å². The summed E-state index contributed by atoms with van der Waals surface area (Å²) in [5.41, 5.74) is 1.05. The number of ether oxygens (including phenoxy) is 5. The second kappa shape index (κ2) is 13.5. The van der Waals surface area contributed by atoms with E-state index in [-0.39, 0.29) is 6.10 Å². The number of rotatable bonds is 13. The highest BCUT2D eigenvalue weighted by molar-refractivity contribution is 9.10. The van der Waals surface area contributed by atoms with Crippen LogP contribution in [0.4, 0.5) is 0 Å². The number of benzene rings is 1. The third kappa shape index (κ3) is 6.40. The van der Waals surface area contributed by atoms with Crippen molar-refractivity contribution in [2.45, 2.75) is 43.3 Å². The van der Waals surface area contributed by atoms with Crippen molar-refractivity contribution in [3.63, 3.8) is 0 Å². The van der Waals surface area contributed by atoms with Crippen molar-refractivity contribution in [1.82, 2.24) is 19.9 Å². The number of hydrogen-bond acceptors (Lipinski definition) is 10. The molecule has 0 saturated heterocycles. The van der Waals surface area contributed by atoms with Crippen molar-refractivity contribution in [2.75, 3.05) is 49.1 Å². The second-order valence-electron chi connectivity index (χ2n) is 11.2. The lowest BCUT2D eigenvalue weighted by Gasteiger charge is -2.39. The molecule has 11 heteroatoms. The van der Waals surface area contributed by atoms with Crippen LogP contribution in [0.3, 0.4) is 0 Å². The first kappa shape index (κ1) is 31.7. The van der Waals surface area contributed by atoms with Crippen molar-refractivity contribution >= 4 is 26.8 Å². The van der Waals surface area contributed by atoms with E-state index in [9.17, 15) is 5.11 Å². The summed E-state index contributed by atoms with van der Waals surface area (Å²) >= 11 is 3.59. The van der Waals surface area contributed by atoms with Gasteiger partial charge in [-0.25, -0.2) is 9.97 Å². The molecule has 0 radical (unpaired) electrons. The number of pyridine rings is 3. The summed E-state index contributed by atoms with van der Waals surface area (Å²) in [5.74, 6) is 1.03. The molecule has 10 nitrogen and oxygen atoms in total. The van der Waals surface area contributed by atoms with E-state index in [1.165, 1.54) is 7.11 Å². The average molecular weight is 668 g/mol. The number of fused-ring (bicyclic) bond motifs is 1. The Bertz CT molecular complexity index is 1620. The molecule has 3 heterocycles. The SMILES string of the molecule is COc1cc(C(O)(CCN(C)C)C(c2cc3cc(Br)ccc3nc2OC)c2ccnc(OC)c2OC)cc(OC2CCC2)n1. The van der Waals surface area contributed by atoms with Gasteiger partial charge < -0.3 is 33.7 Å². The topological polar surface area (TPSA) is 108 Å². The molecule has 44 heavy (non-hydrogen) atoms. The predicted octanol–water partition coefficient (Wildman–Crippen LogP) is 5.72. The summed E-state index contributed by atoms with van der Waals surface area (Å²) in [4.78, 5) is 15.9. The molecule has 0 amide bonds. The lowest BCUT2D eigenvalue weighted by molar-refractivity contribution is 0.00227. The van der Waals surface area contributed by atoms with E-state index < -0.39 is 11.5 Å². The first-order chi connectivity index (χ1) is 21.2. The number of aliphatic hydroxyl groups is 1. The van der Waals surface area contributed by atoms with E-state index in [0.29, 0.717) is 58.9 Å². The minimum absolute atomic E-state index is 0.0842. The van der Waals surface area contributed by atoms with Gasteiger partial charge in [-0.05, 0) is 75.7 Å². The fourth-order valence-electron chi connectivity index (χ4n) is 5.62. The Morgan fingerprint density at radius 1 is 0.909 bits per heavy atom. The van der Waals surface area contributed by atoms with Crippen LogP contribution in [0.1, 0.15) is 48.3 Å². The maximum atomic E-state index is 13.3. The fraction of sp³-hybridized carbons (Fsp3) is 0.424. The minimum atomic E-state index is -1.58. The van der Waals surface area contributed by atoms with E-state index in [2.05, 4.69) is 25.9 Å². The van der Waals surface area contributed by atoms with E-state index in [0.717, 1.165) is 34.6 Å². The van der Waals surface area contributed by atoms with Crippen LogP contribution in [0.2, 0.25) is 0 Å². The van der Waals surface area contributed by atoms with Gasteiger partial charge in [0.15, 0.2) is 5.75 Å². The largest absolute Gasteiger partial charge is 0.491 e. The molecular formula is C33H39BrN4O6. The molecule has 5 rings (SSSR count). The molecule has 1 aliphatic rings. The third-order valence-corrected chi connectivity index (χ3v) is 8.62. The van der Waals surface area contributed by atoms with E-state index in [1.807, 2.05) is 55.4 Å². The molecule has 1 N–H and O–H groups in total. The Kier molecular flexibility index (Phi) is 9.77. The monoisotopic (exact) mass is 666 g/mol. The minimum Gasteiger partial charge on any atom is -0.491 e. The maximum Gasteiger partial charge on any atom is 0.257 e. The molecule has 4 aromatic rings. The fourth-order valence-corrected chi connectivity index (χ4v) is 6.00. The Morgan fingerprint density at radius 3 is 2.30 bits per heavy atom. The molecule has 0 bridgehead atoms. The number of halogens is 1. The van der Waals surface area contributed by atoms with Gasteiger partial charge in [-0.2, -0.15) is 4.98 Å². The zero-order chi connectivity index (χ0) is 31.4. The summed E-state index contributed by atoms with van der Waals surface area (Å²) in [6.07, 6.45) is 5.09. The van der Waals surface area contributed by atoms with Gasteiger partial charge in [0, 0.05) is 45.9 Å². The van der Waals surface area contributed by atoms with Gasteiger partial charge in [0.05, 0.1) is 39.9 Å². The first-order valence-corrected chi connectivity index (χ1v) is 15.3. The molecule has 3 aromatic heterocycles. The highest BCUT2D eigenvalue weighted by Crippen LogP contribution is 2.51. The van der Waals surface area contributed by atoms with Crippen LogP contribution < -0.4 is 23.7 Å². The van der Waals surface area contributed by atoms with Gasteiger partial charge in [-0.3, -0.25) is 0 Å². The number of hydrogen-bond donors (Lipinski definition) is 1. The predicted molar refractivity (Wildman–Crippen MR) is 171 cm³/mol. The van der Waals surface area contributed by atoms with Crippen molar-refractivity contribution in [3.8, 4) is 29.3 Å². The summed E-state index contributed by atoms with van der Waals surface area (Å²) < 4.78 is 30.2. The van der Waals surface area contributed by atoms with Crippen molar-refractivity contribution in [2.24, 2.45) is 0 Å². The summed E-state index contributed by atoms with van der Waals surface area (Å²) in [6, 6.07) is 13.3. The normalized spacial score (nSPS) is 15.4. The standard InChI is InChI=1S/C33H39BrN4O6/c1-38(2)15-13-33(39,21-18-27(40-3)37-28(19-21)44-23-8-7-9-23)29(24-12-14-35-32(43-6)30(24)41-4)25-17-20-16-22(34)10-11-26(20)36-31(25)42-5/h10-12,14,16-19,23,29,39H,7-9,13,15H2,1-6H3. The molecule has 1 saturated carbocycles. The smallest absolute Gasteiger partial charge is 0.257 e. The van der Waals surface area contributed by atoms with Gasteiger partial charge in [0.2, 0.25) is 17.6 Å². The van der Waals surface area contributed by atoms with Gasteiger partial charge in [0.25, 0.3) is 5.88 Å². The summed E-state index contributed by atoms with van der Waals surface area (Å²) in [6.45, 7) is 0.551. The second-order valence-corrected chi connectivity index (χ2v) is 12.1. The van der Waals surface area contributed by atoms with Crippen LogP contribution >= 0.6 is 15.9 Å². The van der Waals surface area contributed by atoms with Crippen LogP contribution in [-0.4, -0.2) is 80.1 Å². The molecule has 0 aliphatic heterocycles. The van der Waals surface area contributed by atoms with E-state index >= 15 is 0 Å². The average Bonchev–Trinajstić information content (AvgIpc) is 3.01. The van der Waals surface area contributed by atoms with Crippen LogP contribution in [0.5, 0.6) is 29.3 Å². The molecule has 1 aromatic carbocycles. The zero-order valence-electron chi connectivity index (χ0n) is 26.0. The third-order valence-electron chi connectivity index (χ3n) is 8.13. The zero-order valence-corrected chi connectivity index (χ0v) is 27.6. The van der Waals surface area contributed by atoms with Gasteiger partial charge in [-0.15, -0.1) is 0 Å². The lowest BCUT2D eigenvalue weighted by atomic mass is 9.71. The summed E-state index contributed by atoms with van der Waals surface area (Å²) in [5, 5.41) is 14.2. The molecule has 2 atom stereocenters. The molecule has 0 spiro atoms. The highest BCUT2D eigenvalue weighted by atomic mass is 79.9. The summed E-state index contributed by atoms with van der Waals surface area (Å²) in [7, 11) is 10.2. The van der Waals surface area contributed by atoms with Crippen LogP contribution in [-0.2, 0) is 5.60 Å². The Labute approximate surface area is 266 Å². The van der Waals surface area contributed by atoms with Crippen LogP contribution in [0, 0.1) is 0 Å². The lowest BCUT2D eigenvalue weighted by Crippen LogP contribution is -2.38. The van der Waals surface area contributed by atoms with Crippen molar-refractivity contribution < 1.29 is 28.8 Å². The molecular weight excluding hydrogens is 628 g/mol. The Hall–Kier alpha value is -3.67. The molecule has 234 valence electrons. The quantitative estimate of drug-likeness (QED) is 0.190. The molecule has 1 fully saturated rings. The van der Waals surface area contributed by atoms with Crippen LogP contribution in [0.15, 0.2) is 53.1 Å². The van der Waals surface area contributed by atoms with E-state index in [1.54, 1.807) is 33.6 Å². The molecule has 2 unspecified atom stereocenters.